The molecule has 0 saturated carbocycles. The summed E-state index contributed by atoms with van der Waals surface area (Å²) in [6.45, 7) is 3.76. The molecule has 0 bridgehead atoms. The van der Waals surface area contributed by atoms with Crippen LogP contribution >= 0.6 is 10.6 Å². The van der Waals surface area contributed by atoms with Crippen molar-refractivity contribution in [3.63, 3.8) is 0 Å². The Kier molecular flexibility index (Phi) is 3.00. The lowest BCUT2D eigenvalue weighted by molar-refractivity contribution is 0.280. The zero-order chi connectivity index (χ0) is 11.9. The molecule has 1 aliphatic heterocycles. The van der Waals surface area contributed by atoms with Crippen molar-refractivity contribution in [2.75, 3.05) is 11.5 Å². The summed E-state index contributed by atoms with van der Waals surface area (Å²) in [6.07, 6.45) is 0.745. The first-order valence-corrected chi connectivity index (χ1v) is 7.22. The van der Waals surface area contributed by atoms with Crippen LogP contribution in [0, 0.1) is 13.8 Å². The predicted molar refractivity (Wildman–Crippen MR) is 63.9 cm³/mol. The molecular formula is C10H18N2O3S. The maximum Gasteiger partial charge on any atom is 0.0718 e. The Balaban J connectivity index is 2.29. The van der Waals surface area contributed by atoms with Crippen molar-refractivity contribution in [2.45, 2.75) is 32.9 Å². The second kappa shape index (κ2) is 4.03. The van der Waals surface area contributed by atoms with Crippen LogP contribution in [-0.4, -0.2) is 35.5 Å². The summed E-state index contributed by atoms with van der Waals surface area (Å²) in [4.78, 5) is 0. The SMILES string of the molecule is Cc1nn(C2CCS(O)(O)C2)c(C)c1CO. The minimum atomic E-state index is -2.39. The average Bonchev–Trinajstić information content (AvgIpc) is 2.68. The van der Waals surface area contributed by atoms with Gasteiger partial charge in [-0.1, -0.05) is 0 Å². The minimum absolute atomic E-state index is 0.0133. The van der Waals surface area contributed by atoms with E-state index in [-0.39, 0.29) is 12.6 Å². The number of hydrogen-bond donors (Lipinski definition) is 3. The maximum atomic E-state index is 9.60. The highest BCUT2D eigenvalue weighted by Crippen LogP contribution is 2.50. The smallest absolute Gasteiger partial charge is 0.0718 e. The fourth-order valence-corrected chi connectivity index (χ4v) is 4.01. The number of hydrogen-bond acceptors (Lipinski definition) is 4. The van der Waals surface area contributed by atoms with E-state index in [1.54, 1.807) is 0 Å². The predicted octanol–water partition coefficient (Wildman–Crippen LogP) is 1.69. The van der Waals surface area contributed by atoms with Crippen LogP contribution in [0.2, 0.25) is 0 Å². The van der Waals surface area contributed by atoms with Gasteiger partial charge in [0, 0.05) is 17.0 Å². The van der Waals surface area contributed by atoms with Crippen LogP contribution in [0.1, 0.15) is 29.4 Å². The Morgan fingerprint density at radius 3 is 2.56 bits per heavy atom. The number of rotatable bonds is 2. The van der Waals surface area contributed by atoms with Gasteiger partial charge in [0.15, 0.2) is 0 Å². The molecule has 2 heterocycles. The third-order valence-electron chi connectivity index (χ3n) is 3.22. The van der Waals surface area contributed by atoms with E-state index in [4.69, 9.17) is 0 Å². The van der Waals surface area contributed by atoms with E-state index in [1.807, 2.05) is 18.5 Å². The highest BCUT2D eigenvalue weighted by molar-refractivity contribution is 8.24. The van der Waals surface area contributed by atoms with Crippen molar-refractivity contribution in [3.8, 4) is 0 Å². The van der Waals surface area contributed by atoms with E-state index in [9.17, 15) is 14.2 Å². The van der Waals surface area contributed by atoms with Gasteiger partial charge in [0.05, 0.1) is 24.1 Å². The van der Waals surface area contributed by atoms with Crippen molar-refractivity contribution in [1.29, 1.82) is 0 Å². The van der Waals surface area contributed by atoms with Crippen LogP contribution < -0.4 is 0 Å². The Bertz CT molecular complexity index is 403. The van der Waals surface area contributed by atoms with Gasteiger partial charge in [-0.15, -0.1) is 0 Å². The van der Waals surface area contributed by atoms with Gasteiger partial charge in [-0.3, -0.25) is 13.8 Å². The van der Waals surface area contributed by atoms with Crippen molar-refractivity contribution < 1.29 is 14.2 Å². The summed E-state index contributed by atoms with van der Waals surface area (Å²) in [7, 11) is -2.39. The lowest BCUT2D eigenvalue weighted by Gasteiger charge is -2.26. The molecule has 6 heteroatoms. The molecule has 1 aromatic heterocycles. The largest absolute Gasteiger partial charge is 0.392 e. The fraction of sp³-hybridized carbons (Fsp3) is 0.700. The third kappa shape index (κ3) is 1.98. The first-order valence-electron chi connectivity index (χ1n) is 5.33. The van der Waals surface area contributed by atoms with Gasteiger partial charge in [-0.2, -0.15) is 15.7 Å². The van der Waals surface area contributed by atoms with Crippen molar-refractivity contribution >= 4 is 10.6 Å². The molecule has 1 aromatic rings. The van der Waals surface area contributed by atoms with Gasteiger partial charge in [-0.05, 0) is 20.3 Å². The first-order chi connectivity index (χ1) is 7.44. The van der Waals surface area contributed by atoms with Crippen molar-refractivity contribution in [2.24, 2.45) is 0 Å². The standard InChI is InChI=1S/C10H18N2O3S/c1-7-10(5-13)8(2)12(11-7)9-3-4-16(14,15)6-9/h9,13-15H,3-6H2,1-2H3. The molecule has 1 saturated heterocycles. The molecule has 0 aromatic carbocycles. The normalized spacial score (nSPS) is 25.9. The number of aliphatic hydroxyl groups is 1. The fourth-order valence-electron chi connectivity index (χ4n) is 2.27. The highest BCUT2D eigenvalue weighted by Gasteiger charge is 2.31. The molecule has 0 spiro atoms. The van der Waals surface area contributed by atoms with E-state index in [0.29, 0.717) is 11.5 Å². The topological polar surface area (TPSA) is 78.5 Å². The molecule has 16 heavy (non-hydrogen) atoms. The highest BCUT2D eigenvalue weighted by atomic mass is 32.3. The number of aryl methyl sites for hydroxylation is 1. The summed E-state index contributed by atoms with van der Waals surface area (Å²) in [5.41, 5.74) is 2.61. The first kappa shape index (κ1) is 11.9. The van der Waals surface area contributed by atoms with Gasteiger partial charge in [0.1, 0.15) is 0 Å². The van der Waals surface area contributed by atoms with Gasteiger partial charge < -0.3 is 5.11 Å². The van der Waals surface area contributed by atoms with Crippen LogP contribution in [0.4, 0.5) is 0 Å². The summed E-state index contributed by atoms with van der Waals surface area (Å²) in [5, 5.41) is 13.6. The quantitative estimate of drug-likeness (QED) is 0.742. The van der Waals surface area contributed by atoms with Crippen LogP contribution in [0.25, 0.3) is 0 Å². The summed E-state index contributed by atoms with van der Waals surface area (Å²) < 4.78 is 21.0. The lowest BCUT2D eigenvalue weighted by Crippen LogP contribution is -2.13. The molecule has 0 amide bonds. The molecule has 2 rings (SSSR count). The molecular weight excluding hydrogens is 228 g/mol. The lowest BCUT2D eigenvalue weighted by atomic mass is 10.2. The van der Waals surface area contributed by atoms with E-state index < -0.39 is 10.6 Å². The summed E-state index contributed by atoms with van der Waals surface area (Å²) in [5.74, 6) is 0.851. The van der Waals surface area contributed by atoms with E-state index in [0.717, 1.165) is 23.4 Å². The van der Waals surface area contributed by atoms with E-state index in [2.05, 4.69) is 5.10 Å². The average molecular weight is 246 g/mol. The third-order valence-corrected chi connectivity index (χ3v) is 5.02. The molecule has 1 unspecified atom stereocenters. The number of aliphatic hydroxyl groups excluding tert-OH is 1. The second-order valence-electron chi connectivity index (χ2n) is 4.37. The Morgan fingerprint density at radius 1 is 1.44 bits per heavy atom. The molecule has 5 nitrogen and oxygen atoms in total. The maximum absolute atomic E-state index is 9.60. The monoisotopic (exact) mass is 246 g/mol. The van der Waals surface area contributed by atoms with Crippen LogP contribution in [0.15, 0.2) is 0 Å². The van der Waals surface area contributed by atoms with Crippen molar-refractivity contribution in [1.82, 2.24) is 9.78 Å². The molecule has 0 aliphatic carbocycles. The Labute approximate surface area is 96.4 Å². The molecule has 1 atom stereocenters. The number of aromatic nitrogens is 2. The zero-order valence-corrected chi connectivity index (χ0v) is 10.4. The van der Waals surface area contributed by atoms with Gasteiger partial charge >= 0.3 is 0 Å². The van der Waals surface area contributed by atoms with Crippen molar-refractivity contribution in [3.05, 3.63) is 17.0 Å². The zero-order valence-electron chi connectivity index (χ0n) is 9.55. The minimum Gasteiger partial charge on any atom is -0.392 e. The summed E-state index contributed by atoms with van der Waals surface area (Å²) in [6, 6.07) is 0.0593. The van der Waals surface area contributed by atoms with Crippen LogP contribution in [-0.2, 0) is 6.61 Å². The van der Waals surface area contributed by atoms with Crippen LogP contribution in [0.3, 0.4) is 0 Å². The van der Waals surface area contributed by atoms with E-state index >= 15 is 0 Å². The molecule has 3 N–H and O–H groups in total. The molecule has 92 valence electrons. The Morgan fingerprint density at radius 2 is 2.12 bits per heavy atom. The molecule has 1 aliphatic rings. The second-order valence-corrected chi connectivity index (χ2v) is 6.71. The molecule has 0 radical (unpaired) electrons. The van der Waals surface area contributed by atoms with Crippen LogP contribution in [0.5, 0.6) is 0 Å². The molecule has 1 fully saturated rings. The Hall–Kier alpha value is -0.560. The summed E-state index contributed by atoms with van der Waals surface area (Å²) >= 11 is 0. The van der Waals surface area contributed by atoms with Gasteiger partial charge in [-0.25, -0.2) is 0 Å². The van der Waals surface area contributed by atoms with Gasteiger partial charge in [0.2, 0.25) is 0 Å². The van der Waals surface area contributed by atoms with Gasteiger partial charge in [0.25, 0.3) is 0 Å². The number of nitrogens with zero attached hydrogens (tertiary/aromatic N) is 2. The van der Waals surface area contributed by atoms with E-state index in [1.165, 1.54) is 0 Å².